The van der Waals surface area contributed by atoms with E-state index in [9.17, 15) is 0 Å². The van der Waals surface area contributed by atoms with Crippen LogP contribution in [0.4, 0.5) is 0 Å². The molecule has 8 heteroatoms. The first kappa shape index (κ1) is 16.4. The summed E-state index contributed by atoms with van der Waals surface area (Å²) in [6, 6.07) is 3.98. The summed E-state index contributed by atoms with van der Waals surface area (Å²) >= 11 is 4.98. The van der Waals surface area contributed by atoms with E-state index in [4.69, 9.17) is 0 Å². The van der Waals surface area contributed by atoms with E-state index in [-0.39, 0.29) is 0 Å². The minimum Gasteiger partial charge on any atom is -0.315 e. The standard InChI is InChI=1S/C13H19BrN6S/c1-10(2)7-15-5-6-20-13(17-18-19-20)21-9-12-4-3-11(14)8-16-12/h3-4,8,10,15H,5-7,9H2,1-2H3. The predicted molar refractivity (Wildman–Crippen MR) is 87.0 cm³/mol. The highest BCUT2D eigenvalue weighted by Gasteiger charge is 2.07. The summed E-state index contributed by atoms with van der Waals surface area (Å²) in [5, 5.41) is 16.0. The van der Waals surface area contributed by atoms with Crippen LogP contribution in [0.1, 0.15) is 19.5 Å². The molecule has 0 amide bonds. The van der Waals surface area contributed by atoms with Crippen molar-refractivity contribution in [3.05, 3.63) is 28.5 Å². The Bertz CT molecular complexity index is 542. The number of pyridine rings is 1. The molecule has 0 spiro atoms. The number of nitrogens with one attached hydrogen (secondary N) is 1. The zero-order valence-electron chi connectivity index (χ0n) is 12.2. The van der Waals surface area contributed by atoms with E-state index in [2.05, 4.69) is 55.6 Å². The second-order valence-electron chi connectivity index (χ2n) is 5.04. The van der Waals surface area contributed by atoms with Crippen LogP contribution < -0.4 is 5.32 Å². The lowest BCUT2D eigenvalue weighted by Crippen LogP contribution is -2.24. The first-order chi connectivity index (χ1) is 10.1. The molecule has 0 aliphatic carbocycles. The number of rotatable bonds is 8. The van der Waals surface area contributed by atoms with E-state index in [0.29, 0.717) is 5.92 Å². The van der Waals surface area contributed by atoms with Gasteiger partial charge >= 0.3 is 0 Å². The maximum absolute atomic E-state index is 4.34. The molecule has 0 radical (unpaired) electrons. The second kappa shape index (κ2) is 8.45. The number of thioether (sulfide) groups is 1. The Morgan fingerprint density at radius 3 is 2.95 bits per heavy atom. The van der Waals surface area contributed by atoms with Crippen LogP contribution in [0.25, 0.3) is 0 Å². The Balaban J connectivity index is 1.81. The molecule has 2 heterocycles. The first-order valence-electron chi connectivity index (χ1n) is 6.85. The molecule has 6 nitrogen and oxygen atoms in total. The van der Waals surface area contributed by atoms with Gasteiger partial charge in [-0.05, 0) is 51.0 Å². The summed E-state index contributed by atoms with van der Waals surface area (Å²) in [5.41, 5.74) is 1.01. The Hall–Kier alpha value is -0.990. The average Bonchev–Trinajstić information content (AvgIpc) is 2.90. The van der Waals surface area contributed by atoms with Crippen molar-refractivity contribution in [3.8, 4) is 0 Å². The third-order valence-corrected chi connectivity index (χ3v) is 4.15. The van der Waals surface area contributed by atoms with Crippen LogP contribution in [0, 0.1) is 5.92 Å². The van der Waals surface area contributed by atoms with Gasteiger partial charge in [-0.3, -0.25) is 4.98 Å². The second-order valence-corrected chi connectivity index (χ2v) is 6.90. The molecule has 2 aromatic heterocycles. The van der Waals surface area contributed by atoms with Crippen LogP contribution in [0.15, 0.2) is 28.0 Å². The van der Waals surface area contributed by atoms with Crippen LogP contribution in [0.5, 0.6) is 0 Å². The van der Waals surface area contributed by atoms with E-state index in [0.717, 1.165) is 40.7 Å². The van der Waals surface area contributed by atoms with Gasteiger partial charge in [-0.2, -0.15) is 0 Å². The molecule has 2 rings (SSSR count). The van der Waals surface area contributed by atoms with Crippen molar-refractivity contribution in [1.29, 1.82) is 0 Å². The van der Waals surface area contributed by atoms with E-state index in [1.807, 2.05) is 16.8 Å². The summed E-state index contributed by atoms with van der Waals surface area (Å²) in [4.78, 5) is 4.34. The maximum atomic E-state index is 4.34. The molecule has 1 N–H and O–H groups in total. The molecule has 0 fully saturated rings. The SMILES string of the molecule is CC(C)CNCCn1nnnc1SCc1ccc(Br)cn1. The van der Waals surface area contributed by atoms with Gasteiger partial charge in [0.25, 0.3) is 0 Å². The summed E-state index contributed by atoms with van der Waals surface area (Å²) < 4.78 is 2.81. The fourth-order valence-electron chi connectivity index (χ4n) is 1.65. The molecule has 21 heavy (non-hydrogen) atoms. The van der Waals surface area contributed by atoms with Crippen molar-refractivity contribution in [2.24, 2.45) is 5.92 Å². The minimum atomic E-state index is 0.649. The molecule has 0 bridgehead atoms. The number of hydrogen-bond acceptors (Lipinski definition) is 6. The van der Waals surface area contributed by atoms with Gasteiger partial charge in [-0.1, -0.05) is 25.6 Å². The smallest absolute Gasteiger partial charge is 0.209 e. The lowest BCUT2D eigenvalue weighted by Gasteiger charge is -2.08. The normalized spacial score (nSPS) is 11.2. The molecule has 0 saturated carbocycles. The molecule has 0 atom stereocenters. The van der Waals surface area contributed by atoms with Gasteiger partial charge in [-0.15, -0.1) is 5.10 Å². The summed E-state index contributed by atoms with van der Waals surface area (Å²) in [6.07, 6.45) is 1.80. The third-order valence-electron chi connectivity index (χ3n) is 2.69. The Kier molecular flexibility index (Phi) is 6.59. The average molecular weight is 371 g/mol. The third kappa shape index (κ3) is 5.72. The molecule has 2 aromatic rings. The van der Waals surface area contributed by atoms with Gasteiger partial charge in [0.2, 0.25) is 5.16 Å². The van der Waals surface area contributed by atoms with Crippen LogP contribution in [0.3, 0.4) is 0 Å². The highest BCUT2D eigenvalue weighted by Crippen LogP contribution is 2.19. The van der Waals surface area contributed by atoms with E-state index in [1.165, 1.54) is 0 Å². The fourth-order valence-corrected chi connectivity index (χ4v) is 2.70. The molecular formula is C13H19BrN6S. The predicted octanol–water partition coefficient (Wildman–Crippen LogP) is 2.37. The first-order valence-corrected chi connectivity index (χ1v) is 8.63. The Morgan fingerprint density at radius 1 is 1.38 bits per heavy atom. The van der Waals surface area contributed by atoms with Crippen LogP contribution >= 0.6 is 27.7 Å². The lowest BCUT2D eigenvalue weighted by molar-refractivity contribution is 0.482. The van der Waals surface area contributed by atoms with Gasteiger partial charge in [0.1, 0.15) is 0 Å². The summed E-state index contributed by atoms with van der Waals surface area (Å²) in [7, 11) is 0. The lowest BCUT2D eigenvalue weighted by atomic mass is 10.2. The zero-order chi connectivity index (χ0) is 15.1. The van der Waals surface area contributed by atoms with E-state index >= 15 is 0 Å². The van der Waals surface area contributed by atoms with Crippen molar-refractivity contribution in [2.75, 3.05) is 13.1 Å². The molecule has 0 aliphatic heterocycles. The quantitative estimate of drug-likeness (QED) is 0.568. The van der Waals surface area contributed by atoms with Gasteiger partial charge in [0, 0.05) is 23.0 Å². The summed E-state index contributed by atoms with van der Waals surface area (Å²) in [6.45, 7) is 7.03. The van der Waals surface area contributed by atoms with Gasteiger partial charge in [0.05, 0.1) is 12.2 Å². The van der Waals surface area contributed by atoms with Crippen LogP contribution in [-0.2, 0) is 12.3 Å². The van der Waals surface area contributed by atoms with Crippen LogP contribution in [0.2, 0.25) is 0 Å². The van der Waals surface area contributed by atoms with Crippen molar-refractivity contribution < 1.29 is 0 Å². The van der Waals surface area contributed by atoms with E-state index in [1.54, 1.807) is 18.0 Å². The van der Waals surface area contributed by atoms with E-state index < -0.39 is 0 Å². The van der Waals surface area contributed by atoms with Crippen molar-refractivity contribution in [3.63, 3.8) is 0 Å². The number of nitrogens with zero attached hydrogens (tertiary/aromatic N) is 5. The largest absolute Gasteiger partial charge is 0.315 e. The monoisotopic (exact) mass is 370 g/mol. The van der Waals surface area contributed by atoms with Crippen LogP contribution in [-0.4, -0.2) is 38.3 Å². The highest BCUT2D eigenvalue weighted by atomic mass is 79.9. The molecule has 0 unspecified atom stereocenters. The van der Waals surface area contributed by atoms with Crippen molar-refractivity contribution in [1.82, 2.24) is 30.5 Å². The van der Waals surface area contributed by atoms with Gasteiger partial charge in [-0.25, -0.2) is 4.68 Å². The topological polar surface area (TPSA) is 68.5 Å². The maximum Gasteiger partial charge on any atom is 0.209 e. The number of hydrogen-bond donors (Lipinski definition) is 1. The molecule has 0 aliphatic rings. The van der Waals surface area contributed by atoms with Gasteiger partial charge in [0.15, 0.2) is 0 Å². The number of halogens is 1. The Morgan fingerprint density at radius 2 is 2.24 bits per heavy atom. The molecule has 0 saturated heterocycles. The fraction of sp³-hybridized carbons (Fsp3) is 0.538. The highest BCUT2D eigenvalue weighted by molar-refractivity contribution is 9.10. The Labute approximate surface area is 137 Å². The van der Waals surface area contributed by atoms with Crippen molar-refractivity contribution >= 4 is 27.7 Å². The minimum absolute atomic E-state index is 0.649. The molecule has 114 valence electrons. The summed E-state index contributed by atoms with van der Waals surface area (Å²) in [5.74, 6) is 1.41. The van der Waals surface area contributed by atoms with Crippen molar-refractivity contribution in [2.45, 2.75) is 31.3 Å². The van der Waals surface area contributed by atoms with Gasteiger partial charge < -0.3 is 5.32 Å². The number of aromatic nitrogens is 5. The number of tetrazole rings is 1. The molecule has 0 aromatic carbocycles. The molecular weight excluding hydrogens is 352 g/mol. The zero-order valence-corrected chi connectivity index (χ0v) is 14.6.